The lowest BCUT2D eigenvalue weighted by atomic mass is 10.1. The Kier molecular flexibility index (Phi) is 4.22. The van der Waals surface area contributed by atoms with Crippen LogP contribution in [-0.4, -0.2) is 23.1 Å². The molecule has 0 saturated carbocycles. The fourth-order valence-corrected chi connectivity index (χ4v) is 3.09. The third kappa shape index (κ3) is 3.18. The van der Waals surface area contributed by atoms with Crippen LogP contribution in [0.25, 0.3) is 0 Å². The molecule has 1 aromatic heterocycles. The van der Waals surface area contributed by atoms with Gasteiger partial charge in [0, 0.05) is 12.7 Å². The quantitative estimate of drug-likeness (QED) is 0.830. The van der Waals surface area contributed by atoms with E-state index in [-0.39, 0.29) is 16.5 Å². The molecule has 7 heteroatoms. The van der Waals surface area contributed by atoms with Crippen LogP contribution in [0.15, 0.2) is 29.4 Å². The highest BCUT2D eigenvalue weighted by Crippen LogP contribution is 2.27. The summed E-state index contributed by atoms with van der Waals surface area (Å²) in [5.74, 6) is 0.520. The van der Waals surface area contributed by atoms with Gasteiger partial charge in [-0.25, -0.2) is 4.98 Å². The summed E-state index contributed by atoms with van der Waals surface area (Å²) in [4.78, 5) is 4.05. The smallest absolute Gasteiger partial charge is 0.281 e. The van der Waals surface area contributed by atoms with Crippen molar-refractivity contribution in [3.63, 3.8) is 0 Å². The lowest BCUT2D eigenvalue weighted by molar-refractivity contribution is 0.477. The average Bonchev–Trinajstić information content (AvgIpc) is 2.83. The van der Waals surface area contributed by atoms with Crippen LogP contribution in [0.5, 0.6) is 5.75 Å². The second-order valence-corrected chi connectivity index (χ2v) is 6.35. The Labute approximate surface area is 124 Å². The molecule has 1 heterocycles. The van der Waals surface area contributed by atoms with Crippen molar-refractivity contribution in [2.24, 2.45) is 0 Å². The molecule has 0 saturated heterocycles. The van der Waals surface area contributed by atoms with Crippen LogP contribution in [0.2, 0.25) is 0 Å². The summed E-state index contributed by atoms with van der Waals surface area (Å²) in [5, 5.41) is 9.74. The normalized spacial score (nSPS) is 11.6. The van der Waals surface area contributed by atoms with Gasteiger partial charge in [0.1, 0.15) is 11.6 Å². The summed E-state index contributed by atoms with van der Waals surface area (Å²) < 4.78 is 28.8. The minimum atomic E-state index is -3.81. The second kappa shape index (κ2) is 5.77. The minimum absolute atomic E-state index is 0.0526. The number of anilines is 1. The largest absolute Gasteiger partial charge is 0.506 e. The number of benzene rings is 1. The summed E-state index contributed by atoms with van der Waals surface area (Å²) in [5.41, 5.74) is 1.10. The molecule has 0 aliphatic rings. The van der Waals surface area contributed by atoms with Crippen LogP contribution < -0.4 is 4.72 Å². The zero-order valence-electron chi connectivity index (χ0n) is 12.3. The third-order valence-corrected chi connectivity index (χ3v) is 4.52. The number of aryl methyl sites for hydroxylation is 3. The van der Waals surface area contributed by atoms with E-state index >= 15 is 0 Å². The Morgan fingerprint density at radius 3 is 2.62 bits per heavy atom. The van der Waals surface area contributed by atoms with E-state index in [1.54, 1.807) is 23.6 Å². The van der Waals surface area contributed by atoms with Gasteiger partial charge in [-0.3, -0.25) is 4.72 Å². The standard InChI is InChI=1S/C14H19N3O3S/c1-4-11-6-7-13(18)12(8-11)16-21(19,20)14-9-17(5-2)10(3)15-14/h6-9,16,18H,4-5H2,1-3H3. The molecule has 0 amide bonds. The molecule has 0 spiro atoms. The SMILES string of the molecule is CCc1ccc(O)c(NS(=O)(=O)c2cn(CC)c(C)n2)c1. The van der Waals surface area contributed by atoms with E-state index in [9.17, 15) is 13.5 Å². The number of nitrogens with zero attached hydrogens (tertiary/aromatic N) is 2. The predicted octanol–water partition coefficient (Wildman–Crippen LogP) is 2.28. The van der Waals surface area contributed by atoms with E-state index in [0.29, 0.717) is 12.4 Å². The first-order valence-corrected chi connectivity index (χ1v) is 8.24. The molecular weight excluding hydrogens is 290 g/mol. The van der Waals surface area contributed by atoms with Crippen molar-refractivity contribution in [1.82, 2.24) is 9.55 Å². The van der Waals surface area contributed by atoms with Crippen molar-refractivity contribution in [2.75, 3.05) is 4.72 Å². The number of nitrogens with one attached hydrogen (secondary N) is 1. The van der Waals surface area contributed by atoms with Crippen molar-refractivity contribution in [3.8, 4) is 5.75 Å². The molecule has 21 heavy (non-hydrogen) atoms. The highest BCUT2D eigenvalue weighted by molar-refractivity contribution is 7.92. The fraction of sp³-hybridized carbons (Fsp3) is 0.357. The van der Waals surface area contributed by atoms with Gasteiger partial charge in [-0.2, -0.15) is 8.42 Å². The molecule has 0 aliphatic heterocycles. The van der Waals surface area contributed by atoms with Crippen LogP contribution in [0.3, 0.4) is 0 Å². The number of phenols is 1. The zero-order chi connectivity index (χ0) is 15.6. The van der Waals surface area contributed by atoms with Crippen molar-refractivity contribution in [2.45, 2.75) is 38.8 Å². The molecule has 0 aliphatic carbocycles. The lowest BCUT2D eigenvalue weighted by Gasteiger charge is -2.09. The Hall–Kier alpha value is -2.02. The Bertz CT molecular complexity index is 751. The summed E-state index contributed by atoms with van der Waals surface area (Å²) in [6, 6.07) is 4.85. The molecule has 0 radical (unpaired) electrons. The number of aromatic hydroxyl groups is 1. The monoisotopic (exact) mass is 309 g/mol. The number of hydrogen-bond acceptors (Lipinski definition) is 4. The molecule has 2 rings (SSSR count). The van der Waals surface area contributed by atoms with Crippen LogP contribution in [0.4, 0.5) is 5.69 Å². The highest BCUT2D eigenvalue weighted by atomic mass is 32.2. The number of hydrogen-bond donors (Lipinski definition) is 2. The van der Waals surface area contributed by atoms with E-state index in [0.717, 1.165) is 12.0 Å². The Morgan fingerprint density at radius 2 is 2.05 bits per heavy atom. The van der Waals surface area contributed by atoms with Gasteiger partial charge in [-0.1, -0.05) is 13.0 Å². The summed E-state index contributed by atoms with van der Waals surface area (Å²) in [7, 11) is -3.81. The van der Waals surface area contributed by atoms with Crippen LogP contribution >= 0.6 is 0 Å². The van der Waals surface area contributed by atoms with Gasteiger partial charge in [0.2, 0.25) is 0 Å². The first-order chi connectivity index (χ1) is 9.87. The third-order valence-electron chi connectivity index (χ3n) is 3.28. The van der Waals surface area contributed by atoms with E-state index in [4.69, 9.17) is 0 Å². The molecule has 0 atom stereocenters. The molecule has 2 aromatic rings. The van der Waals surface area contributed by atoms with Crippen molar-refractivity contribution >= 4 is 15.7 Å². The molecule has 1 aromatic carbocycles. The van der Waals surface area contributed by atoms with E-state index in [1.165, 1.54) is 12.3 Å². The maximum atomic E-state index is 12.3. The molecule has 2 N–H and O–H groups in total. The van der Waals surface area contributed by atoms with Gasteiger partial charge >= 0.3 is 0 Å². The molecule has 114 valence electrons. The topological polar surface area (TPSA) is 84.2 Å². The van der Waals surface area contributed by atoms with Gasteiger partial charge in [0.15, 0.2) is 5.03 Å². The zero-order valence-corrected chi connectivity index (χ0v) is 13.1. The van der Waals surface area contributed by atoms with Gasteiger partial charge in [0.05, 0.1) is 5.69 Å². The summed E-state index contributed by atoms with van der Waals surface area (Å²) in [6.45, 7) is 6.26. The van der Waals surface area contributed by atoms with Gasteiger partial charge in [-0.15, -0.1) is 0 Å². The number of imidazole rings is 1. The summed E-state index contributed by atoms with van der Waals surface area (Å²) >= 11 is 0. The van der Waals surface area contributed by atoms with Crippen molar-refractivity contribution < 1.29 is 13.5 Å². The number of phenolic OH excluding ortho intramolecular Hbond substituents is 1. The molecule has 0 unspecified atom stereocenters. The van der Waals surface area contributed by atoms with Crippen LogP contribution in [-0.2, 0) is 23.0 Å². The molecule has 0 bridgehead atoms. The molecule has 0 fully saturated rings. The summed E-state index contributed by atoms with van der Waals surface area (Å²) in [6.07, 6.45) is 2.23. The highest BCUT2D eigenvalue weighted by Gasteiger charge is 2.20. The maximum absolute atomic E-state index is 12.3. The fourth-order valence-electron chi connectivity index (χ4n) is 2.01. The van der Waals surface area contributed by atoms with Crippen LogP contribution in [0, 0.1) is 6.92 Å². The van der Waals surface area contributed by atoms with Gasteiger partial charge in [0.25, 0.3) is 10.0 Å². The van der Waals surface area contributed by atoms with E-state index in [2.05, 4.69) is 9.71 Å². The second-order valence-electron chi connectivity index (χ2n) is 4.72. The maximum Gasteiger partial charge on any atom is 0.281 e. The van der Waals surface area contributed by atoms with Crippen molar-refractivity contribution in [3.05, 3.63) is 35.8 Å². The minimum Gasteiger partial charge on any atom is -0.506 e. The van der Waals surface area contributed by atoms with Gasteiger partial charge in [-0.05, 0) is 38.0 Å². The van der Waals surface area contributed by atoms with E-state index < -0.39 is 10.0 Å². The van der Waals surface area contributed by atoms with Crippen LogP contribution in [0.1, 0.15) is 25.2 Å². The number of sulfonamides is 1. The molecular formula is C14H19N3O3S. The van der Waals surface area contributed by atoms with E-state index in [1.807, 2.05) is 13.8 Å². The first kappa shape index (κ1) is 15.4. The molecule has 6 nitrogen and oxygen atoms in total. The van der Waals surface area contributed by atoms with Gasteiger partial charge < -0.3 is 9.67 Å². The predicted molar refractivity (Wildman–Crippen MR) is 80.9 cm³/mol. The Morgan fingerprint density at radius 1 is 1.33 bits per heavy atom. The number of aromatic nitrogens is 2. The Balaban J connectivity index is 2.37. The average molecular weight is 309 g/mol. The number of rotatable bonds is 5. The van der Waals surface area contributed by atoms with Crippen molar-refractivity contribution in [1.29, 1.82) is 0 Å². The lowest BCUT2D eigenvalue weighted by Crippen LogP contribution is -2.13. The first-order valence-electron chi connectivity index (χ1n) is 6.75.